The molecule has 1 rings (SSSR count). The molecule has 0 unspecified atom stereocenters. The minimum absolute atomic E-state index is 0.0787. The van der Waals surface area contributed by atoms with Crippen LogP contribution in [0.4, 0.5) is 4.79 Å². The molecule has 0 heterocycles. The van der Waals surface area contributed by atoms with E-state index in [2.05, 4.69) is 10.6 Å². The van der Waals surface area contributed by atoms with Crippen molar-refractivity contribution in [1.29, 1.82) is 0 Å². The molecule has 1 aliphatic carbocycles. The van der Waals surface area contributed by atoms with Crippen LogP contribution < -0.4 is 16.4 Å². The lowest BCUT2D eigenvalue weighted by atomic mass is 9.82. The summed E-state index contributed by atoms with van der Waals surface area (Å²) in [6.45, 7) is 3.68. The normalized spacial score (nSPS) is 21.8. The van der Waals surface area contributed by atoms with Crippen LogP contribution in [0, 0.1) is 11.3 Å². The van der Waals surface area contributed by atoms with Crippen LogP contribution in [-0.2, 0) is 9.59 Å². The minimum atomic E-state index is -0.928. The second-order valence-corrected chi connectivity index (χ2v) is 5.73. The van der Waals surface area contributed by atoms with Gasteiger partial charge in [-0.2, -0.15) is 0 Å². The second-order valence-electron chi connectivity index (χ2n) is 5.73. The number of carbonyl (C=O) groups is 3. The number of primary amides is 1. The van der Waals surface area contributed by atoms with E-state index in [1.165, 1.54) is 0 Å². The monoisotopic (exact) mass is 299 g/mol. The first-order valence-corrected chi connectivity index (χ1v) is 7.41. The molecule has 1 saturated carbocycles. The fourth-order valence-electron chi connectivity index (χ4n) is 2.73. The average molecular weight is 299 g/mol. The minimum Gasteiger partial charge on any atom is -0.481 e. The highest BCUT2D eigenvalue weighted by molar-refractivity contribution is 5.79. The summed E-state index contributed by atoms with van der Waals surface area (Å²) >= 11 is 0. The largest absolute Gasteiger partial charge is 0.481 e. The van der Waals surface area contributed by atoms with Crippen molar-refractivity contribution in [3.63, 3.8) is 0 Å². The molecule has 0 aliphatic heterocycles. The highest BCUT2D eigenvalue weighted by Crippen LogP contribution is 2.26. The third kappa shape index (κ3) is 4.34. The number of urea groups is 1. The summed E-state index contributed by atoms with van der Waals surface area (Å²) in [4.78, 5) is 34.3. The summed E-state index contributed by atoms with van der Waals surface area (Å²) < 4.78 is 0. The first kappa shape index (κ1) is 17.3. The maximum atomic E-state index is 11.8. The first-order chi connectivity index (χ1) is 9.84. The fraction of sp³-hybridized carbons (Fsp3) is 0.786. The third-order valence-electron chi connectivity index (χ3n) is 4.56. The molecule has 0 aromatic rings. The van der Waals surface area contributed by atoms with Gasteiger partial charge in [0.2, 0.25) is 5.91 Å². The van der Waals surface area contributed by atoms with Crippen molar-refractivity contribution >= 4 is 17.9 Å². The van der Waals surface area contributed by atoms with Crippen LogP contribution in [0.15, 0.2) is 0 Å². The molecular formula is C14H25N3O4. The van der Waals surface area contributed by atoms with E-state index in [0.717, 1.165) is 0 Å². The van der Waals surface area contributed by atoms with Gasteiger partial charge in [0.15, 0.2) is 0 Å². The van der Waals surface area contributed by atoms with Crippen molar-refractivity contribution in [3.05, 3.63) is 0 Å². The molecule has 0 saturated heterocycles. The predicted octanol–water partition coefficient (Wildman–Crippen LogP) is 0.831. The fourth-order valence-corrected chi connectivity index (χ4v) is 2.73. The Hall–Kier alpha value is -1.79. The second kappa shape index (κ2) is 7.28. The zero-order valence-electron chi connectivity index (χ0n) is 12.6. The van der Waals surface area contributed by atoms with Crippen molar-refractivity contribution < 1.29 is 19.5 Å². The van der Waals surface area contributed by atoms with Gasteiger partial charge in [0, 0.05) is 18.5 Å². The predicted molar refractivity (Wildman–Crippen MR) is 77.5 cm³/mol. The summed E-state index contributed by atoms with van der Waals surface area (Å²) in [5.74, 6) is -1.41. The van der Waals surface area contributed by atoms with Gasteiger partial charge in [-0.25, -0.2) is 4.79 Å². The molecule has 0 radical (unpaired) electrons. The molecule has 1 fully saturated rings. The van der Waals surface area contributed by atoms with E-state index in [1.807, 2.05) is 0 Å². The van der Waals surface area contributed by atoms with Crippen LogP contribution in [0.3, 0.4) is 0 Å². The number of nitrogens with two attached hydrogens (primary N) is 1. The lowest BCUT2D eigenvalue weighted by Gasteiger charge is -2.27. The van der Waals surface area contributed by atoms with Gasteiger partial charge in [-0.1, -0.05) is 13.8 Å². The zero-order valence-corrected chi connectivity index (χ0v) is 12.6. The topological polar surface area (TPSA) is 122 Å². The van der Waals surface area contributed by atoms with Crippen LogP contribution in [0.25, 0.3) is 0 Å². The number of hydrogen-bond acceptors (Lipinski definition) is 3. The molecule has 120 valence electrons. The van der Waals surface area contributed by atoms with Crippen molar-refractivity contribution in [2.75, 3.05) is 6.54 Å². The van der Waals surface area contributed by atoms with Gasteiger partial charge in [0.25, 0.3) is 0 Å². The van der Waals surface area contributed by atoms with Gasteiger partial charge in [-0.05, 0) is 32.1 Å². The molecule has 0 aromatic carbocycles. The number of carboxylic acid groups (broad SMARTS) is 1. The molecule has 0 aromatic heterocycles. The van der Waals surface area contributed by atoms with E-state index < -0.39 is 17.4 Å². The van der Waals surface area contributed by atoms with E-state index in [0.29, 0.717) is 32.1 Å². The molecule has 7 nitrogen and oxygen atoms in total. The summed E-state index contributed by atoms with van der Waals surface area (Å²) in [7, 11) is 0. The summed E-state index contributed by atoms with van der Waals surface area (Å²) in [6.07, 6.45) is 2.85. The third-order valence-corrected chi connectivity index (χ3v) is 4.56. The first-order valence-electron chi connectivity index (χ1n) is 7.41. The molecule has 21 heavy (non-hydrogen) atoms. The number of carbonyl (C=O) groups excluding carboxylic acids is 2. The number of amides is 3. The van der Waals surface area contributed by atoms with Crippen molar-refractivity contribution in [3.8, 4) is 0 Å². The Balaban J connectivity index is 2.44. The summed E-state index contributed by atoms with van der Waals surface area (Å²) in [6, 6.07) is -0.470. The number of nitrogens with one attached hydrogen (secondary N) is 2. The van der Waals surface area contributed by atoms with Crippen LogP contribution in [0.2, 0.25) is 0 Å². The maximum absolute atomic E-state index is 11.8. The molecular weight excluding hydrogens is 274 g/mol. The van der Waals surface area contributed by atoms with Gasteiger partial charge in [0.05, 0.1) is 5.41 Å². The lowest BCUT2D eigenvalue weighted by Crippen LogP contribution is -2.48. The lowest BCUT2D eigenvalue weighted by molar-refractivity contribution is -0.149. The molecule has 1 aliphatic rings. The van der Waals surface area contributed by atoms with Gasteiger partial charge >= 0.3 is 12.0 Å². The number of aliphatic carboxylic acids is 1. The van der Waals surface area contributed by atoms with E-state index in [-0.39, 0.29) is 24.4 Å². The smallest absolute Gasteiger partial charge is 0.315 e. The van der Waals surface area contributed by atoms with E-state index in [4.69, 9.17) is 5.73 Å². The summed E-state index contributed by atoms with van der Waals surface area (Å²) in [5, 5.41) is 14.7. The number of hydrogen-bond donors (Lipinski definition) is 4. The molecule has 2 atom stereocenters. The maximum Gasteiger partial charge on any atom is 0.315 e. The van der Waals surface area contributed by atoms with Gasteiger partial charge in [0.1, 0.15) is 0 Å². The van der Waals surface area contributed by atoms with E-state index in [9.17, 15) is 19.5 Å². The van der Waals surface area contributed by atoms with Crippen molar-refractivity contribution in [2.45, 2.75) is 52.0 Å². The standard InChI is InChI=1S/C14H25N3O4/c1-3-14(4-2,12(19)20)8-16-13(21)17-10-6-5-9(7-10)11(15)18/h9-10H,3-8H2,1-2H3,(H2,15,18)(H,19,20)(H2,16,17,21)/t9-,10+/m0/s1. The van der Waals surface area contributed by atoms with Crippen molar-refractivity contribution in [2.24, 2.45) is 17.1 Å². The number of rotatable bonds is 7. The zero-order chi connectivity index (χ0) is 16.0. The van der Waals surface area contributed by atoms with Crippen LogP contribution in [-0.4, -0.2) is 35.6 Å². The van der Waals surface area contributed by atoms with Crippen LogP contribution in [0.5, 0.6) is 0 Å². The van der Waals surface area contributed by atoms with Gasteiger partial charge in [-0.15, -0.1) is 0 Å². The Kier molecular flexibility index (Phi) is 5.99. The molecule has 0 bridgehead atoms. The Morgan fingerprint density at radius 1 is 1.24 bits per heavy atom. The van der Waals surface area contributed by atoms with Crippen LogP contribution >= 0.6 is 0 Å². The SMILES string of the molecule is CCC(CC)(CNC(=O)N[C@@H]1CC[C@H](C(N)=O)C1)C(=O)O. The molecule has 0 spiro atoms. The van der Waals surface area contributed by atoms with Gasteiger partial charge in [-0.3, -0.25) is 9.59 Å². The number of carboxylic acids is 1. The highest BCUT2D eigenvalue weighted by Gasteiger charge is 2.35. The Morgan fingerprint density at radius 2 is 1.86 bits per heavy atom. The Bertz CT molecular complexity index is 407. The molecule has 5 N–H and O–H groups in total. The average Bonchev–Trinajstić information content (AvgIpc) is 2.88. The Morgan fingerprint density at radius 3 is 2.29 bits per heavy atom. The van der Waals surface area contributed by atoms with Gasteiger partial charge < -0.3 is 21.5 Å². The summed E-state index contributed by atoms with van der Waals surface area (Å²) in [5.41, 5.74) is 4.32. The van der Waals surface area contributed by atoms with Crippen LogP contribution in [0.1, 0.15) is 46.0 Å². The quantitative estimate of drug-likeness (QED) is 0.556. The molecule has 7 heteroatoms. The Labute approximate surface area is 124 Å². The highest BCUT2D eigenvalue weighted by atomic mass is 16.4. The van der Waals surface area contributed by atoms with E-state index >= 15 is 0 Å². The van der Waals surface area contributed by atoms with Crippen molar-refractivity contribution in [1.82, 2.24) is 10.6 Å². The van der Waals surface area contributed by atoms with E-state index in [1.54, 1.807) is 13.8 Å². The molecule has 3 amide bonds.